The number of carbonyl (C=O) groups excluding carboxylic acids is 2. The molecule has 6 aromatic rings. The molecule has 6 fully saturated rings. The lowest BCUT2D eigenvalue weighted by molar-refractivity contribution is -0.0534. The average molecular weight is 1250 g/mol. The van der Waals surface area contributed by atoms with Crippen molar-refractivity contribution in [3.63, 3.8) is 0 Å². The number of hydrogen-bond donors (Lipinski definition) is 1. The number of rotatable bonds is 15. The molecule has 8 heterocycles. The van der Waals surface area contributed by atoms with Crippen molar-refractivity contribution >= 4 is 78.3 Å². The van der Waals surface area contributed by atoms with Crippen LogP contribution in [0.5, 0.6) is 11.5 Å². The highest BCUT2D eigenvalue weighted by molar-refractivity contribution is 7.22. The van der Waals surface area contributed by atoms with Gasteiger partial charge in [-0.15, -0.1) is 34.3 Å². The third-order valence-corrected chi connectivity index (χ3v) is 18.9. The van der Waals surface area contributed by atoms with Crippen molar-refractivity contribution in [1.82, 2.24) is 39.8 Å². The number of likely N-dealkylation sites (tertiary alicyclic amines) is 1. The van der Waals surface area contributed by atoms with Crippen molar-refractivity contribution in [2.75, 3.05) is 154 Å². The number of methoxy groups -OCH3 is 2. The Hall–Kier alpha value is -5.55. The van der Waals surface area contributed by atoms with Crippen LogP contribution < -0.4 is 24.6 Å². The number of piperazine rings is 2. The van der Waals surface area contributed by atoms with E-state index in [-0.39, 0.29) is 12.2 Å². The van der Waals surface area contributed by atoms with Crippen molar-refractivity contribution in [3.05, 3.63) is 84.9 Å². The molecule has 0 aliphatic carbocycles. The van der Waals surface area contributed by atoms with Crippen molar-refractivity contribution in [1.29, 1.82) is 0 Å². The summed E-state index contributed by atoms with van der Waals surface area (Å²) in [5.41, 5.74) is 5.98. The molecule has 0 spiro atoms. The van der Waals surface area contributed by atoms with Crippen LogP contribution in [0.2, 0.25) is 0 Å². The quantitative estimate of drug-likeness (QED) is 0.0971. The molecule has 0 atom stereocenters. The number of nitrogens with zero attached hydrogens (tertiary/aromatic N) is 9. The number of ether oxygens (including phenoxy) is 6. The van der Waals surface area contributed by atoms with Gasteiger partial charge in [-0.3, -0.25) is 9.80 Å². The Morgan fingerprint density at radius 3 is 1.30 bits per heavy atom. The van der Waals surface area contributed by atoms with E-state index in [2.05, 4.69) is 78.3 Å². The summed E-state index contributed by atoms with van der Waals surface area (Å²) < 4.78 is 36.5. The van der Waals surface area contributed by atoms with Crippen LogP contribution >= 0.6 is 34.3 Å². The number of aromatic nitrogens is 2. The monoisotopic (exact) mass is 1250 g/mol. The first-order valence-corrected chi connectivity index (χ1v) is 33.4. The summed E-state index contributed by atoms with van der Waals surface area (Å²) in [6.07, 6.45) is 5.57. The van der Waals surface area contributed by atoms with E-state index in [4.69, 9.17) is 50.0 Å². The highest BCUT2D eigenvalue weighted by Gasteiger charge is 2.34. The van der Waals surface area contributed by atoms with E-state index in [1.807, 2.05) is 82.8 Å². The van der Waals surface area contributed by atoms with Crippen molar-refractivity contribution in [2.45, 2.75) is 103 Å². The van der Waals surface area contributed by atoms with E-state index in [0.717, 1.165) is 203 Å². The van der Waals surface area contributed by atoms with Crippen LogP contribution in [0.4, 0.5) is 21.0 Å². The van der Waals surface area contributed by atoms with Crippen LogP contribution in [0, 0.1) is 0 Å². The molecule has 18 nitrogen and oxygen atoms in total. The number of nitrogens with one attached hydrogen (secondary N) is 1. The summed E-state index contributed by atoms with van der Waals surface area (Å²) in [6, 6.07) is 29.6. The first-order valence-electron chi connectivity index (χ1n) is 31.2. The highest BCUT2D eigenvalue weighted by atomic mass is 35.5. The number of carbonyl (C=O) groups is 2. The molecular formula is C66H91ClN10O8S2. The predicted octanol–water partition coefficient (Wildman–Crippen LogP) is 10.9. The van der Waals surface area contributed by atoms with Crippen LogP contribution in [-0.4, -0.2) is 227 Å². The second kappa shape index (κ2) is 29.8. The normalized spacial score (nSPS) is 19.0. The van der Waals surface area contributed by atoms with Gasteiger partial charge in [-0.05, 0) is 165 Å². The molecule has 4 aromatic carbocycles. The molecule has 0 saturated carbocycles. The largest absolute Gasteiger partial charge is 0.497 e. The minimum Gasteiger partial charge on any atom is -0.497 e. The van der Waals surface area contributed by atoms with Gasteiger partial charge in [0.25, 0.3) is 0 Å². The van der Waals surface area contributed by atoms with Crippen LogP contribution in [0.1, 0.15) is 67.2 Å². The van der Waals surface area contributed by atoms with Crippen LogP contribution in [0.15, 0.2) is 84.9 Å². The molecule has 6 aliphatic heterocycles. The zero-order valence-electron chi connectivity index (χ0n) is 52.3. The Balaban J connectivity index is 0.000000162. The summed E-state index contributed by atoms with van der Waals surface area (Å²) in [5.74, 6) is 2.38. The lowest BCUT2D eigenvalue weighted by atomic mass is 10.1. The summed E-state index contributed by atoms with van der Waals surface area (Å²) in [4.78, 5) is 49.3. The van der Waals surface area contributed by atoms with Crippen molar-refractivity contribution in [3.8, 4) is 32.6 Å². The maximum atomic E-state index is 12.3. The van der Waals surface area contributed by atoms with Crippen molar-refractivity contribution in [2.24, 2.45) is 0 Å². The molecule has 2 amide bonds. The number of thiazole rings is 2. The van der Waals surface area contributed by atoms with Gasteiger partial charge in [0.15, 0.2) is 0 Å². The molecule has 0 bridgehead atoms. The molecule has 21 heteroatoms. The SMILES string of the molecule is CC(C)(C)OC(=O)N1CCN(CCCl)CC1.COc1ccc2nc(-c3ccc(N4CC(OC5CCN(CCN6CCN(C(=O)OC(C)(C)C)CC6)CC5)C4)cc3)sc2c1.COc1ccc2nc(-c3ccc(N4CC(OC5CCNCC5)C4)cc3)sc2c1. The number of halogens is 1. The summed E-state index contributed by atoms with van der Waals surface area (Å²) >= 11 is 9.08. The second-order valence-electron chi connectivity index (χ2n) is 25.4. The smallest absolute Gasteiger partial charge is 0.410 e. The predicted molar refractivity (Wildman–Crippen MR) is 352 cm³/mol. The fourth-order valence-corrected chi connectivity index (χ4v) is 13.8. The maximum absolute atomic E-state index is 12.3. The van der Waals surface area contributed by atoms with Gasteiger partial charge in [0.2, 0.25) is 0 Å². The van der Waals surface area contributed by atoms with E-state index in [9.17, 15) is 9.59 Å². The lowest BCUT2D eigenvalue weighted by Gasteiger charge is -2.43. The number of hydrogen-bond acceptors (Lipinski definition) is 18. The van der Waals surface area contributed by atoms with Gasteiger partial charge in [-0.2, -0.15) is 0 Å². The van der Waals surface area contributed by atoms with E-state index in [1.54, 1.807) is 41.8 Å². The van der Waals surface area contributed by atoms with Gasteiger partial charge in [0.05, 0.1) is 59.1 Å². The summed E-state index contributed by atoms with van der Waals surface area (Å²) in [7, 11) is 3.39. The number of fused-ring (bicyclic) bond motifs is 2. The lowest BCUT2D eigenvalue weighted by Crippen LogP contribution is -2.54. The summed E-state index contributed by atoms with van der Waals surface area (Å²) in [5, 5.41) is 5.47. The fourth-order valence-electron chi connectivity index (χ4n) is 11.5. The van der Waals surface area contributed by atoms with Crippen LogP contribution in [0.3, 0.4) is 0 Å². The van der Waals surface area contributed by atoms with Crippen LogP contribution in [0.25, 0.3) is 41.6 Å². The number of amides is 2. The Bertz CT molecular complexity index is 3130. The molecule has 1 N–H and O–H groups in total. The standard InChI is InChI=1S/C33H45N5O4S.C22H25N3O2S.C11H21ClN2O2/c1-33(2,3)42-32(39)37-19-17-36(18-20-37)16-15-35-13-11-26(12-14-35)41-28-22-38(23-28)25-7-5-24(6-8-25)31-34-29-10-9-27(40-4)21-30(29)43-31;1-26-18-6-7-20-21(12-18)28-22(24-20)15-2-4-16(5-3-15)25-13-19(14-25)27-17-8-10-23-11-9-17;1-11(2,3)16-10(15)14-8-6-13(5-4-12)7-9-14/h5-10,21,26,28H,11-20,22-23H2,1-4H3;2-7,12,17,19,23H,8-11,13-14H2,1H3;4-9H2,1-3H3. The molecule has 87 heavy (non-hydrogen) atoms. The molecule has 6 saturated heterocycles. The van der Waals surface area contributed by atoms with Crippen molar-refractivity contribution < 1.29 is 38.0 Å². The van der Waals surface area contributed by atoms with E-state index < -0.39 is 11.2 Å². The molecule has 2 aromatic heterocycles. The summed E-state index contributed by atoms with van der Waals surface area (Å²) in [6.45, 7) is 29.2. The van der Waals surface area contributed by atoms with Crippen LogP contribution in [-0.2, 0) is 18.9 Å². The van der Waals surface area contributed by atoms with Gasteiger partial charge in [0, 0.05) is 140 Å². The second-order valence-corrected chi connectivity index (χ2v) is 27.9. The first kappa shape index (κ1) is 64.4. The molecule has 6 aliphatic rings. The minimum absolute atomic E-state index is 0.191. The Labute approximate surface area is 527 Å². The Morgan fingerprint density at radius 1 is 0.517 bits per heavy atom. The third kappa shape index (κ3) is 18.3. The highest BCUT2D eigenvalue weighted by Crippen LogP contribution is 2.36. The van der Waals surface area contributed by atoms with E-state index >= 15 is 0 Å². The number of piperidine rings is 2. The minimum atomic E-state index is -0.441. The zero-order valence-corrected chi connectivity index (χ0v) is 54.7. The van der Waals surface area contributed by atoms with Gasteiger partial charge in [-0.25, -0.2) is 19.6 Å². The van der Waals surface area contributed by atoms with Gasteiger partial charge in [0.1, 0.15) is 32.7 Å². The van der Waals surface area contributed by atoms with E-state index in [0.29, 0.717) is 30.3 Å². The Morgan fingerprint density at radius 2 is 0.908 bits per heavy atom. The van der Waals surface area contributed by atoms with Gasteiger partial charge >= 0.3 is 12.2 Å². The molecule has 12 rings (SSSR count). The van der Waals surface area contributed by atoms with Gasteiger partial charge in [-0.1, -0.05) is 0 Å². The zero-order chi connectivity index (χ0) is 61.1. The maximum Gasteiger partial charge on any atom is 0.410 e. The number of anilines is 2. The number of benzene rings is 4. The molecule has 0 radical (unpaired) electrons. The molecular weight excluding hydrogens is 1160 g/mol. The Kier molecular flexibility index (Phi) is 22.1. The van der Waals surface area contributed by atoms with Gasteiger partial charge < -0.3 is 58.2 Å². The number of alkyl halides is 1. The van der Waals surface area contributed by atoms with E-state index in [1.165, 1.54) is 11.4 Å². The average Bonchev–Trinajstić information content (AvgIpc) is 2.26. The molecule has 472 valence electrons. The fraction of sp³-hybridized carbons (Fsp3) is 0.576. The topological polar surface area (TPSA) is 150 Å². The first-order chi connectivity index (χ1) is 41.9. The molecule has 0 unspecified atom stereocenters. The third-order valence-electron chi connectivity index (χ3n) is 16.6.